The average Bonchev–Trinajstić information content (AvgIpc) is 3.08. The highest BCUT2D eigenvalue weighted by Crippen LogP contribution is 2.42. The molecule has 3 heterocycles. The normalized spacial score (nSPS) is 49.8. The Bertz CT molecular complexity index is 1210. The van der Waals surface area contributed by atoms with Gasteiger partial charge in [0.05, 0.1) is 35.9 Å². The van der Waals surface area contributed by atoms with Gasteiger partial charge in [0.25, 0.3) is 0 Å². The molecule has 6 N–H and O–H groups in total. The van der Waals surface area contributed by atoms with Gasteiger partial charge in [-0.3, -0.25) is 9.59 Å². The maximum absolute atomic E-state index is 14.2. The van der Waals surface area contributed by atoms with Crippen LogP contribution in [0.15, 0.2) is 0 Å². The lowest BCUT2D eigenvalue weighted by Gasteiger charge is -2.51. The molecule has 0 aromatic rings. The molecule has 15 nitrogen and oxygen atoms in total. The maximum atomic E-state index is 14.2. The Morgan fingerprint density at radius 1 is 0.981 bits per heavy atom. The second-order valence-corrected chi connectivity index (χ2v) is 17.0. The smallest absolute Gasteiger partial charge is 0.311 e. The second-order valence-electron chi connectivity index (χ2n) is 17.0. The average molecular weight is 763 g/mol. The van der Waals surface area contributed by atoms with Crippen molar-refractivity contribution in [2.24, 2.45) is 17.8 Å². The number of aliphatic hydroxyl groups is 5. The standard InChI is InChI=1S/C38H70N2O13/c1-14-27-37(10,46)31(43)24(6)39-18-20(2)16-35(8,45)32(53-34-29(42)26(40(11)12)15-21(3)49-34)22(4)30(23(5)33(44)51-27)52-28-17-36(9,48-13)38(47,19-41)25(7)50-28/h19-32,34,39,42-43,45-47H,14-18H2,1-13H3/t20-,21-,22+,23-,24-,25+,26+,27-,28+,29-,30+,31-,32-,34+,35-,36-,37-,38+/m1/s1. The van der Waals surface area contributed by atoms with E-state index in [1.54, 1.807) is 41.5 Å². The van der Waals surface area contributed by atoms with Crippen molar-refractivity contribution in [1.82, 2.24) is 10.2 Å². The number of hydrogen-bond donors (Lipinski definition) is 6. The summed E-state index contributed by atoms with van der Waals surface area (Å²) in [6.45, 7) is 17.2. The molecule has 15 heteroatoms. The zero-order valence-electron chi connectivity index (χ0n) is 34.1. The molecule has 0 unspecified atom stereocenters. The van der Waals surface area contributed by atoms with E-state index in [4.69, 9.17) is 28.4 Å². The SMILES string of the molecule is CC[C@H]1OC(=O)[C@H](C)[C@@H](O[C@H]2C[C@@](C)(OC)[C@](O)(C=O)[C@H](C)O2)[C@H](C)[C@@H](O[C@@H]2O[C@H](C)C[C@H](N(C)C)[C@H]2O)[C@](C)(O)C[C@@H](C)CN[C@H](C)[C@@H](O)[C@]1(C)O. The Balaban J connectivity index is 2.18. The fourth-order valence-electron chi connectivity index (χ4n) is 8.61. The predicted octanol–water partition coefficient (Wildman–Crippen LogP) is 1.13. The molecule has 3 aliphatic rings. The zero-order chi connectivity index (χ0) is 40.4. The highest BCUT2D eigenvalue weighted by molar-refractivity contribution is 5.73. The number of carbonyl (C=O) groups excluding carboxylic acids is 2. The number of likely N-dealkylation sites (N-methyl/N-ethyl adjacent to an activating group) is 1. The molecule has 0 spiro atoms. The molecule has 0 amide bonds. The van der Waals surface area contributed by atoms with E-state index >= 15 is 0 Å². The van der Waals surface area contributed by atoms with Crippen LogP contribution in [0.4, 0.5) is 0 Å². The van der Waals surface area contributed by atoms with E-state index in [-0.39, 0.29) is 37.3 Å². The van der Waals surface area contributed by atoms with E-state index in [0.29, 0.717) is 19.3 Å². The van der Waals surface area contributed by atoms with Crippen LogP contribution in [0.1, 0.15) is 94.9 Å². The molecular weight excluding hydrogens is 692 g/mol. The van der Waals surface area contributed by atoms with Crippen molar-refractivity contribution in [2.75, 3.05) is 27.7 Å². The fraction of sp³-hybridized carbons (Fsp3) is 0.947. The summed E-state index contributed by atoms with van der Waals surface area (Å²) in [6.07, 6.45) is -8.17. The number of carbonyl (C=O) groups is 2. The van der Waals surface area contributed by atoms with Crippen LogP contribution < -0.4 is 5.32 Å². The summed E-state index contributed by atoms with van der Waals surface area (Å²) in [5.74, 6) is -2.85. The van der Waals surface area contributed by atoms with Gasteiger partial charge in [-0.2, -0.15) is 0 Å². The number of aliphatic hydroxyl groups excluding tert-OH is 2. The molecule has 3 aliphatic heterocycles. The van der Waals surface area contributed by atoms with Gasteiger partial charge in [0.15, 0.2) is 24.5 Å². The predicted molar refractivity (Wildman–Crippen MR) is 195 cm³/mol. The molecule has 53 heavy (non-hydrogen) atoms. The van der Waals surface area contributed by atoms with Gasteiger partial charge in [-0.15, -0.1) is 0 Å². The molecule has 3 saturated heterocycles. The topological polar surface area (TPSA) is 206 Å². The van der Waals surface area contributed by atoms with Gasteiger partial charge in [-0.05, 0) is 94.3 Å². The molecular formula is C38H70N2O13. The van der Waals surface area contributed by atoms with Gasteiger partial charge in [0.2, 0.25) is 0 Å². The van der Waals surface area contributed by atoms with Crippen LogP contribution in [0.25, 0.3) is 0 Å². The summed E-state index contributed by atoms with van der Waals surface area (Å²) in [5, 5.41) is 61.4. The molecule has 0 aromatic carbocycles. The van der Waals surface area contributed by atoms with E-state index in [9.17, 15) is 35.1 Å². The van der Waals surface area contributed by atoms with Crippen molar-refractivity contribution >= 4 is 12.3 Å². The third-order valence-corrected chi connectivity index (χ3v) is 12.3. The first-order chi connectivity index (χ1) is 24.4. The summed E-state index contributed by atoms with van der Waals surface area (Å²) < 4.78 is 37.2. The number of methoxy groups -OCH3 is 1. The Hall–Kier alpha value is -1.34. The third kappa shape index (κ3) is 9.80. The van der Waals surface area contributed by atoms with Crippen LogP contribution in [-0.2, 0) is 38.0 Å². The maximum Gasteiger partial charge on any atom is 0.311 e. The molecule has 18 atom stereocenters. The lowest BCUT2D eigenvalue weighted by atomic mass is 9.76. The van der Waals surface area contributed by atoms with Crippen LogP contribution in [0.5, 0.6) is 0 Å². The molecule has 3 rings (SSSR count). The lowest BCUT2D eigenvalue weighted by Crippen LogP contribution is -2.67. The Labute approximate surface area is 316 Å². The fourth-order valence-corrected chi connectivity index (χ4v) is 8.61. The third-order valence-electron chi connectivity index (χ3n) is 12.3. The number of aldehydes is 1. The minimum absolute atomic E-state index is 0.110. The number of nitrogens with one attached hydrogen (secondary N) is 1. The van der Waals surface area contributed by atoms with Crippen LogP contribution in [0.2, 0.25) is 0 Å². The minimum atomic E-state index is -2.01. The highest BCUT2D eigenvalue weighted by Gasteiger charge is 2.59. The number of ether oxygens (including phenoxy) is 6. The largest absolute Gasteiger partial charge is 0.459 e. The number of nitrogens with zero attached hydrogens (tertiary/aromatic N) is 1. The molecule has 310 valence electrons. The molecule has 0 radical (unpaired) electrons. The summed E-state index contributed by atoms with van der Waals surface area (Å²) in [7, 11) is 5.10. The van der Waals surface area contributed by atoms with Gasteiger partial charge in [0, 0.05) is 31.5 Å². The first-order valence-electron chi connectivity index (χ1n) is 19.2. The van der Waals surface area contributed by atoms with Crippen molar-refractivity contribution in [3.63, 3.8) is 0 Å². The quantitative estimate of drug-likeness (QED) is 0.152. The van der Waals surface area contributed by atoms with Crippen molar-refractivity contribution in [1.29, 1.82) is 0 Å². The van der Waals surface area contributed by atoms with Crippen LogP contribution >= 0.6 is 0 Å². The Morgan fingerprint density at radius 3 is 2.15 bits per heavy atom. The monoisotopic (exact) mass is 762 g/mol. The second kappa shape index (κ2) is 17.9. The first-order valence-corrected chi connectivity index (χ1v) is 19.2. The van der Waals surface area contributed by atoms with Gasteiger partial charge < -0.3 is 64.2 Å². The van der Waals surface area contributed by atoms with Gasteiger partial charge in [-0.25, -0.2) is 0 Å². The van der Waals surface area contributed by atoms with E-state index in [0.717, 1.165) is 0 Å². The van der Waals surface area contributed by atoms with Crippen LogP contribution in [0.3, 0.4) is 0 Å². The lowest BCUT2D eigenvalue weighted by molar-refractivity contribution is -0.328. The Morgan fingerprint density at radius 2 is 1.60 bits per heavy atom. The number of esters is 1. The number of rotatable bonds is 8. The number of cyclic esters (lactones) is 1. The van der Waals surface area contributed by atoms with Crippen LogP contribution in [0, 0.1) is 17.8 Å². The summed E-state index contributed by atoms with van der Waals surface area (Å²) >= 11 is 0. The van der Waals surface area contributed by atoms with Gasteiger partial charge in [0.1, 0.15) is 29.5 Å². The van der Waals surface area contributed by atoms with Crippen LogP contribution in [-0.4, -0.2) is 160 Å². The Kier molecular flexibility index (Phi) is 15.5. The van der Waals surface area contributed by atoms with Crippen molar-refractivity contribution in [3.05, 3.63) is 0 Å². The van der Waals surface area contributed by atoms with E-state index < -0.39 is 95.5 Å². The number of hydrogen-bond acceptors (Lipinski definition) is 15. The van der Waals surface area contributed by atoms with E-state index in [1.165, 1.54) is 21.0 Å². The summed E-state index contributed by atoms with van der Waals surface area (Å²) in [6, 6.07) is -0.919. The first kappa shape index (κ1) is 46.0. The van der Waals surface area contributed by atoms with Gasteiger partial charge in [-0.1, -0.05) is 20.8 Å². The van der Waals surface area contributed by atoms with E-state index in [1.807, 2.05) is 32.8 Å². The molecule has 3 fully saturated rings. The zero-order valence-corrected chi connectivity index (χ0v) is 34.1. The molecule has 0 aromatic heterocycles. The summed E-state index contributed by atoms with van der Waals surface area (Å²) in [5.41, 5.74) is -6.90. The minimum Gasteiger partial charge on any atom is -0.459 e. The van der Waals surface area contributed by atoms with E-state index in [2.05, 4.69) is 5.32 Å². The van der Waals surface area contributed by atoms with Crippen molar-refractivity contribution < 1.29 is 63.5 Å². The molecule has 0 saturated carbocycles. The van der Waals surface area contributed by atoms with Crippen molar-refractivity contribution in [2.45, 2.75) is 185 Å². The summed E-state index contributed by atoms with van der Waals surface area (Å²) in [4.78, 5) is 28.2. The molecule has 0 aliphatic carbocycles. The highest BCUT2D eigenvalue weighted by atomic mass is 16.7. The van der Waals surface area contributed by atoms with Crippen molar-refractivity contribution in [3.8, 4) is 0 Å². The van der Waals surface area contributed by atoms with Gasteiger partial charge >= 0.3 is 5.97 Å². The molecule has 0 bridgehead atoms.